The predicted octanol–water partition coefficient (Wildman–Crippen LogP) is 4.36. The van der Waals surface area contributed by atoms with Crippen LogP contribution in [0.25, 0.3) is 10.9 Å². The number of nitrogens with zero attached hydrogens (tertiary/aromatic N) is 2. The van der Waals surface area contributed by atoms with Gasteiger partial charge in [0.1, 0.15) is 5.76 Å². The highest BCUT2D eigenvalue weighted by molar-refractivity contribution is 7.99. The fraction of sp³-hybridized carbons (Fsp3) is 0.200. The molecule has 0 aliphatic heterocycles. The van der Waals surface area contributed by atoms with Crippen LogP contribution in [0.15, 0.2) is 75.2 Å². The van der Waals surface area contributed by atoms with Crippen molar-refractivity contribution in [2.24, 2.45) is 0 Å². The van der Waals surface area contributed by atoms with Gasteiger partial charge in [-0.3, -0.25) is 14.2 Å². The predicted molar refractivity (Wildman–Crippen MR) is 126 cm³/mol. The average Bonchev–Trinajstić information content (AvgIpc) is 3.37. The van der Waals surface area contributed by atoms with Gasteiger partial charge < -0.3 is 9.15 Å². The van der Waals surface area contributed by atoms with Crippen molar-refractivity contribution in [3.63, 3.8) is 0 Å². The number of rotatable bonds is 8. The quantitative estimate of drug-likeness (QED) is 0.166. The third-order valence-electron chi connectivity index (χ3n) is 5.25. The van der Waals surface area contributed by atoms with Gasteiger partial charge in [-0.05, 0) is 42.3 Å². The first-order valence-electron chi connectivity index (χ1n) is 10.4. The molecule has 2 aromatic carbocycles. The Labute approximate surface area is 194 Å². The largest absolute Gasteiger partial charge is 0.467 e. The number of Topliss-reactive ketones (excluding diaryl/α,β-unsaturated/α-hetero) is 1. The van der Waals surface area contributed by atoms with Crippen LogP contribution in [0.2, 0.25) is 0 Å². The SMILES string of the molecule is CCc1ccc(C(=O)CSc2nc3cc(C(=O)OC)ccc3c(=O)n2Cc2ccco2)cc1. The van der Waals surface area contributed by atoms with Gasteiger partial charge in [-0.2, -0.15) is 0 Å². The van der Waals surface area contributed by atoms with Gasteiger partial charge in [0.15, 0.2) is 10.9 Å². The van der Waals surface area contributed by atoms with E-state index in [0.717, 1.165) is 12.0 Å². The zero-order valence-corrected chi connectivity index (χ0v) is 19.1. The number of thioether (sulfide) groups is 1. The maximum atomic E-state index is 13.3. The summed E-state index contributed by atoms with van der Waals surface area (Å²) in [5.41, 5.74) is 2.14. The fourth-order valence-electron chi connectivity index (χ4n) is 3.39. The second-order valence-corrected chi connectivity index (χ2v) is 8.29. The van der Waals surface area contributed by atoms with Gasteiger partial charge in [-0.15, -0.1) is 0 Å². The minimum absolute atomic E-state index is 0.0649. The van der Waals surface area contributed by atoms with Crippen LogP contribution in [-0.2, 0) is 17.7 Å². The number of carbonyl (C=O) groups excluding carboxylic acids is 2. The van der Waals surface area contributed by atoms with Crippen LogP contribution in [0.5, 0.6) is 0 Å². The molecule has 0 unspecified atom stereocenters. The van der Waals surface area contributed by atoms with Crippen LogP contribution in [0.1, 0.15) is 39.0 Å². The van der Waals surface area contributed by atoms with Gasteiger partial charge in [0.25, 0.3) is 5.56 Å². The van der Waals surface area contributed by atoms with Crippen LogP contribution < -0.4 is 5.56 Å². The highest BCUT2D eigenvalue weighted by atomic mass is 32.2. The molecular weight excluding hydrogens is 440 g/mol. The number of aryl methyl sites for hydroxylation is 1. The molecule has 8 heteroatoms. The van der Waals surface area contributed by atoms with Crippen molar-refractivity contribution in [2.75, 3.05) is 12.9 Å². The molecule has 2 heterocycles. The highest BCUT2D eigenvalue weighted by Crippen LogP contribution is 2.22. The Balaban J connectivity index is 1.70. The number of hydrogen-bond acceptors (Lipinski definition) is 7. The molecule has 0 spiro atoms. The maximum Gasteiger partial charge on any atom is 0.337 e. The summed E-state index contributed by atoms with van der Waals surface area (Å²) in [5, 5.41) is 0.726. The Kier molecular flexibility index (Phi) is 6.74. The lowest BCUT2D eigenvalue weighted by atomic mass is 10.1. The van der Waals surface area contributed by atoms with Crippen LogP contribution in [0, 0.1) is 0 Å². The molecule has 2 aromatic heterocycles. The lowest BCUT2D eigenvalue weighted by molar-refractivity contribution is 0.0600. The van der Waals surface area contributed by atoms with E-state index in [4.69, 9.17) is 9.15 Å². The summed E-state index contributed by atoms with van der Waals surface area (Å²) in [4.78, 5) is 42.6. The number of fused-ring (bicyclic) bond motifs is 1. The van der Waals surface area contributed by atoms with Crippen molar-refractivity contribution < 1.29 is 18.7 Å². The number of aromatic nitrogens is 2. The van der Waals surface area contributed by atoms with E-state index in [1.165, 1.54) is 41.8 Å². The smallest absolute Gasteiger partial charge is 0.337 e. The van der Waals surface area contributed by atoms with Gasteiger partial charge >= 0.3 is 5.97 Å². The number of esters is 1. The molecule has 0 saturated heterocycles. The molecule has 4 aromatic rings. The summed E-state index contributed by atoms with van der Waals surface area (Å²) in [6.07, 6.45) is 2.44. The normalized spacial score (nSPS) is 11.0. The van der Waals surface area contributed by atoms with Gasteiger partial charge in [0, 0.05) is 5.56 Å². The van der Waals surface area contributed by atoms with Gasteiger partial charge in [-0.25, -0.2) is 9.78 Å². The van der Waals surface area contributed by atoms with E-state index in [1.807, 2.05) is 24.3 Å². The van der Waals surface area contributed by atoms with Crippen LogP contribution in [0.4, 0.5) is 0 Å². The zero-order chi connectivity index (χ0) is 23.4. The third-order valence-corrected chi connectivity index (χ3v) is 6.23. The lowest BCUT2D eigenvalue weighted by Crippen LogP contribution is -2.24. The Morgan fingerprint density at radius 3 is 2.52 bits per heavy atom. The first-order chi connectivity index (χ1) is 16.0. The zero-order valence-electron chi connectivity index (χ0n) is 18.2. The van der Waals surface area contributed by atoms with E-state index in [1.54, 1.807) is 18.2 Å². The fourth-order valence-corrected chi connectivity index (χ4v) is 4.29. The number of ether oxygens (including phenoxy) is 1. The van der Waals surface area contributed by atoms with Crippen molar-refractivity contribution in [1.82, 2.24) is 9.55 Å². The topological polar surface area (TPSA) is 91.4 Å². The molecule has 0 saturated carbocycles. The molecule has 0 radical (unpaired) electrons. The minimum Gasteiger partial charge on any atom is -0.467 e. The number of methoxy groups -OCH3 is 1. The van der Waals surface area contributed by atoms with Crippen molar-refractivity contribution >= 4 is 34.4 Å². The van der Waals surface area contributed by atoms with Crippen molar-refractivity contribution in [2.45, 2.75) is 25.0 Å². The molecule has 0 amide bonds. The molecule has 0 fully saturated rings. The monoisotopic (exact) mass is 462 g/mol. The summed E-state index contributed by atoms with van der Waals surface area (Å²) in [6.45, 7) is 2.23. The molecule has 0 aliphatic rings. The standard InChI is InChI=1S/C25H22N2O5S/c1-3-16-6-8-17(9-7-16)22(28)15-33-25-26-21-13-18(24(30)31-2)10-11-20(21)23(29)27(25)14-19-5-4-12-32-19/h4-13H,3,14-15H2,1-2H3. The molecule has 0 aliphatic carbocycles. The van der Waals surface area contributed by atoms with Gasteiger partial charge in [0.05, 0.1) is 42.1 Å². The Hall–Kier alpha value is -3.65. The molecule has 4 rings (SSSR count). The van der Waals surface area contributed by atoms with E-state index >= 15 is 0 Å². The van der Waals surface area contributed by atoms with Gasteiger partial charge in [0.2, 0.25) is 0 Å². The molecule has 0 atom stereocenters. The number of ketones is 1. The van der Waals surface area contributed by atoms with E-state index < -0.39 is 5.97 Å². The second-order valence-electron chi connectivity index (χ2n) is 7.35. The van der Waals surface area contributed by atoms with E-state index in [2.05, 4.69) is 11.9 Å². The number of carbonyl (C=O) groups is 2. The van der Waals surface area contributed by atoms with Crippen LogP contribution in [-0.4, -0.2) is 34.2 Å². The first-order valence-corrected chi connectivity index (χ1v) is 11.4. The molecule has 33 heavy (non-hydrogen) atoms. The van der Waals surface area contributed by atoms with E-state index in [0.29, 0.717) is 32.9 Å². The van der Waals surface area contributed by atoms with E-state index in [-0.39, 0.29) is 23.6 Å². The molecule has 168 valence electrons. The summed E-state index contributed by atoms with van der Waals surface area (Å²) < 4.78 is 11.7. The Morgan fingerprint density at radius 1 is 1.09 bits per heavy atom. The summed E-state index contributed by atoms with van der Waals surface area (Å²) >= 11 is 1.18. The third kappa shape index (κ3) is 4.90. The lowest BCUT2D eigenvalue weighted by Gasteiger charge is -2.12. The van der Waals surface area contributed by atoms with E-state index in [9.17, 15) is 14.4 Å². The van der Waals surface area contributed by atoms with Gasteiger partial charge in [-0.1, -0.05) is 43.0 Å². The van der Waals surface area contributed by atoms with Crippen LogP contribution in [0.3, 0.4) is 0 Å². The van der Waals surface area contributed by atoms with Crippen molar-refractivity contribution in [3.8, 4) is 0 Å². The second kappa shape index (κ2) is 9.87. The Bertz CT molecular complexity index is 1360. The molecule has 0 bridgehead atoms. The number of benzene rings is 2. The van der Waals surface area contributed by atoms with Crippen LogP contribution >= 0.6 is 11.8 Å². The number of furan rings is 1. The van der Waals surface area contributed by atoms with Crippen molar-refractivity contribution in [3.05, 3.63) is 93.7 Å². The summed E-state index contributed by atoms with van der Waals surface area (Å²) in [6, 6.07) is 15.6. The first kappa shape index (κ1) is 22.5. The number of hydrogen-bond donors (Lipinski definition) is 0. The minimum atomic E-state index is -0.515. The molecule has 7 nitrogen and oxygen atoms in total. The van der Waals surface area contributed by atoms with Crippen molar-refractivity contribution in [1.29, 1.82) is 0 Å². The average molecular weight is 463 g/mol. The summed E-state index contributed by atoms with van der Waals surface area (Å²) in [5.74, 6) is 0.120. The summed E-state index contributed by atoms with van der Waals surface area (Å²) in [7, 11) is 1.29. The molecular formula is C25H22N2O5S. The Morgan fingerprint density at radius 2 is 1.85 bits per heavy atom. The maximum absolute atomic E-state index is 13.3. The molecule has 0 N–H and O–H groups in total. The highest BCUT2D eigenvalue weighted by Gasteiger charge is 2.17.